The van der Waals surface area contributed by atoms with Crippen LogP contribution < -0.4 is 4.61 Å². The fourth-order valence-electron chi connectivity index (χ4n) is 3.24. The van der Waals surface area contributed by atoms with Gasteiger partial charge in [-0.05, 0) is 0 Å². The molecule has 0 spiro atoms. The fourth-order valence-corrected chi connectivity index (χ4v) is 3.48. The average molecular weight is 437 g/mol. The first-order chi connectivity index (χ1) is 13.6. The molecule has 5 nitrogen and oxygen atoms in total. The molecule has 2 aromatic carbocycles. The van der Waals surface area contributed by atoms with E-state index in [1.54, 1.807) is 29.4 Å². The minimum absolute atomic E-state index is 0.0616. The second-order valence-electron chi connectivity index (χ2n) is 6.42. The van der Waals surface area contributed by atoms with E-state index in [1.807, 2.05) is 24.3 Å². The van der Waals surface area contributed by atoms with Gasteiger partial charge in [0.1, 0.15) is 0 Å². The summed E-state index contributed by atoms with van der Waals surface area (Å²) in [5, 5.41) is 0. The molecule has 1 amide bonds. The van der Waals surface area contributed by atoms with Crippen LogP contribution in [0, 0.1) is 5.82 Å². The van der Waals surface area contributed by atoms with E-state index in [0.717, 1.165) is 0 Å². The van der Waals surface area contributed by atoms with Crippen molar-refractivity contribution >= 4 is 27.4 Å². The molecular weight excluding hydrogens is 420 g/mol. The van der Waals surface area contributed by atoms with E-state index in [-0.39, 0.29) is 11.7 Å². The Morgan fingerprint density at radius 3 is 2.43 bits per heavy atom. The van der Waals surface area contributed by atoms with E-state index in [4.69, 9.17) is 4.74 Å². The molecule has 1 aliphatic heterocycles. The predicted octanol–water partition coefficient (Wildman–Crippen LogP) is 2.22. The number of halogens is 1. The molecule has 140 valence electrons. The molecule has 28 heavy (non-hydrogen) atoms. The van der Waals surface area contributed by atoms with E-state index in [1.165, 1.54) is 6.07 Å². The first-order valence-electron chi connectivity index (χ1n) is 8.91. The standard InChI is InChI=1S/C21H17AsFN3O2/c22-21-24-12-15(13-25-21)17-6-5-14(11-19(17)23)16-3-1-2-4-18(16)20(27)26-7-9-28-10-8-26/h1-6,11-13H,7-10H2. The molecular formula is C21H17AsFN3O2. The Kier molecular flexibility index (Phi) is 5.51. The zero-order valence-corrected chi connectivity index (χ0v) is 16.9. The fraction of sp³-hybridized carbons (Fsp3) is 0.190. The number of amides is 1. The molecule has 1 aliphatic rings. The van der Waals surface area contributed by atoms with Crippen molar-refractivity contribution in [3.05, 3.63) is 66.2 Å². The van der Waals surface area contributed by atoms with Crippen LogP contribution >= 0.6 is 0 Å². The van der Waals surface area contributed by atoms with Crippen LogP contribution in [-0.2, 0) is 4.74 Å². The molecule has 1 fully saturated rings. The summed E-state index contributed by atoms with van der Waals surface area (Å²) in [6.07, 6.45) is 3.18. The number of hydrogen-bond donors (Lipinski definition) is 0. The zero-order valence-electron chi connectivity index (χ0n) is 15.0. The number of ether oxygens (including phenoxy) is 1. The molecule has 0 atom stereocenters. The monoisotopic (exact) mass is 437 g/mol. The van der Waals surface area contributed by atoms with Crippen LogP contribution in [0.2, 0.25) is 0 Å². The number of carbonyl (C=O) groups is 1. The van der Waals surface area contributed by atoms with Crippen LogP contribution in [0.15, 0.2) is 54.9 Å². The zero-order chi connectivity index (χ0) is 19.5. The van der Waals surface area contributed by atoms with Crippen molar-refractivity contribution < 1.29 is 13.9 Å². The molecule has 0 unspecified atom stereocenters. The quantitative estimate of drug-likeness (QED) is 0.590. The van der Waals surface area contributed by atoms with Gasteiger partial charge in [0.05, 0.1) is 13.2 Å². The third-order valence-corrected chi connectivity index (χ3v) is 5.17. The maximum absolute atomic E-state index is 14.8. The van der Waals surface area contributed by atoms with Crippen molar-refractivity contribution in [2.45, 2.75) is 0 Å². The minimum Gasteiger partial charge on any atom is -0.378 e. The summed E-state index contributed by atoms with van der Waals surface area (Å²) in [6, 6.07) is 12.3. The average Bonchev–Trinajstić information content (AvgIpc) is 2.74. The Hall–Kier alpha value is -2.56. The first-order valence-corrected chi connectivity index (χ1v) is 9.84. The van der Waals surface area contributed by atoms with Gasteiger partial charge in [-0.3, -0.25) is 0 Å². The van der Waals surface area contributed by atoms with Crippen molar-refractivity contribution in [1.82, 2.24) is 14.9 Å². The summed E-state index contributed by atoms with van der Waals surface area (Å²) in [6.45, 7) is 2.20. The number of carbonyl (C=O) groups excluding carboxylic acids is 1. The van der Waals surface area contributed by atoms with Gasteiger partial charge in [-0.15, -0.1) is 0 Å². The summed E-state index contributed by atoms with van der Waals surface area (Å²) in [7, 11) is 0. The van der Waals surface area contributed by atoms with E-state index < -0.39 is 0 Å². The summed E-state index contributed by atoms with van der Waals surface area (Å²) < 4.78 is 20.7. The van der Waals surface area contributed by atoms with E-state index in [2.05, 4.69) is 26.8 Å². The Labute approximate surface area is 171 Å². The molecule has 4 rings (SSSR count). The molecule has 0 saturated carbocycles. The van der Waals surface area contributed by atoms with E-state index in [9.17, 15) is 9.18 Å². The topological polar surface area (TPSA) is 55.3 Å². The van der Waals surface area contributed by atoms with Gasteiger partial charge in [0.15, 0.2) is 0 Å². The maximum atomic E-state index is 14.8. The molecule has 0 N–H and O–H groups in total. The Bertz CT molecular complexity index is 1000. The second kappa shape index (κ2) is 8.21. The number of aromatic nitrogens is 2. The molecule has 2 heterocycles. The molecule has 3 aromatic rings. The number of morpholine rings is 1. The van der Waals surface area contributed by atoms with Crippen LogP contribution in [0.3, 0.4) is 0 Å². The Morgan fingerprint density at radius 2 is 1.71 bits per heavy atom. The summed E-state index contributed by atoms with van der Waals surface area (Å²) >= 11 is 2.25. The van der Waals surface area contributed by atoms with Crippen molar-refractivity contribution in [2.24, 2.45) is 0 Å². The molecule has 0 aliphatic carbocycles. The first kappa shape index (κ1) is 18.8. The molecule has 1 aromatic heterocycles. The van der Waals surface area contributed by atoms with Crippen LogP contribution in [0.1, 0.15) is 10.4 Å². The van der Waals surface area contributed by atoms with Gasteiger partial charge in [-0.2, -0.15) is 0 Å². The van der Waals surface area contributed by atoms with E-state index in [0.29, 0.717) is 58.7 Å². The second-order valence-corrected chi connectivity index (χ2v) is 7.26. The van der Waals surface area contributed by atoms with Gasteiger partial charge in [-0.1, -0.05) is 0 Å². The molecule has 2 radical (unpaired) electrons. The van der Waals surface area contributed by atoms with Crippen LogP contribution in [-0.4, -0.2) is 63.9 Å². The Balaban J connectivity index is 1.69. The summed E-state index contributed by atoms with van der Waals surface area (Å²) in [4.78, 5) is 22.9. The molecule has 7 heteroatoms. The third kappa shape index (κ3) is 3.84. The number of hydrogen-bond acceptors (Lipinski definition) is 4. The smallest absolute Gasteiger partial charge is 0.378 e. The van der Waals surface area contributed by atoms with Crippen molar-refractivity contribution in [2.75, 3.05) is 26.3 Å². The van der Waals surface area contributed by atoms with Gasteiger partial charge in [0, 0.05) is 13.1 Å². The Morgan fingerprint density at radius 1 is 1.00 bits per heavy atom. The number of rotatable bonds is 3. The summed E-state index contributed by atoms with van der Waals surface area (Å²) in [5.41, 5.74) is 2.96. The third-order valence-electron chi connectivity index (χ3n) is 4.69. The predicted molar refractivity (Wildman–Crippen MR) is 105 cm³/mol. The molecule has 0 bridgehead atoms. The van der Waals surface area contributed by atoms with Crippen LogP contribution in [0.5, 0.6) is 0 Å². The van der Waals surface area contributed by atoms with Gasteiger partial charge >= 0.3 is 140 Å². The van der Waals surface area contributed by atoms with Gasteiger partial charge < -0.3 is 4.74 Å². The normalized spacial score (nSPS) is 14.1. The molecule has 1 saturated heterocycles. The minimum atomic E-state index is -0.381. The van der Waals surface area contributed by atoms with Crippen molar-refractivity contribution in [3.8, 4) is 22.3 Å². The summed E-state index contributed by atoms with van der Waals surface area (Å²) in [5.74, 6) is -0.443. The van der Waals surface area contributed by atoms with Gasteiger partial charge in [0.25, 0.3) is 0 Å². The van der Waals surface area contributed by atoms with Crippen LogP contribution in [0.4, 0.5) is 4.39 Å². The van der Waals surface area contributed by atoms with Crippen molar-refractivity contribution in [3.63, 3.8) is 0 Å². The number of nitrogens with zero attached hydrogens (tertiary/aromatic N) is 3. The SMILES string of the molecule is O=C(c1ccccc1-c1ccc(-c2cnc([As])nc2)c(F)c1)N1CCOCC1. The van der Waals surface area contributed by atoms with Crippen LogP contribution in [0.25, 0.3) is 22.3 Å². The van der Waals surface area contributed by atoms with Gasteiger partial charge in [-0.25, -0.2) is 0 Å². The number of benzene rings is 2. The van der Waals surface area contributed by atoms with Gasteiger partial charge in [0.2, 0.25) is 0 Å². The van der Waals surface area contributed by atoms with E-state index >= 15 is 0 Å². The van der Waals surface area contributed by atoms with Crippen molar-refractivity contribution in [1.29, 1.82) is 0 Å².